The van der Waals surface area contributed by atoms with Gasteiger partial charge in [0.05, 0.1) is 11.8 Å². The molecule has 0 aromatic carbocycles. The molecule has 1 N–H and O–H groups in total. The first-order valence-corrected chi connectivity index (χ1v) is 11.9. The zero-order valence-corrected chi connectivity index (χ0v) is 19.4. The number of aromatic nitrogens is 3. The minimum Gasteiger partial charge on any atom is -0.376 e. The number of nitrogens with zero attached hydrogens (tertiary/aromatic N) is 5. The zero-order chi connectivity index (χ0) is 23.8. The highest BCUT2D eigenvalue weighted by atomic mass is 16.5. The van der Waals surface area contributed by atoms with Gasteiger partial charge in [-0.25, -0.2) is 9.78 Å². The van der Waals surface area contributed by atoms with E-state index in [0.717, 1.165) is 30.3 Å². The number of amides is 2. The summed E-state index contributed by atoms with van der Waals surface area (Å²) in [6.07, 6.45) is 5.35. The molecule has 0 spiro atoms. The fraction of sp³-hybridized carbons (Fsp3) is 0.609. The predicted molar refractivity (Wildman–Crippen MR) is 125 cm³/mol. The lowest BCUT2D eigenvalue weighted by Gasteiger charge is -2.36. The molecule has 182 valence electrons. The van der Waals surface area contributed by atoms with Crippen LogP contribution in [0.2, 0.25) is 0 Å². The fourth-order valence-electron chi connectivity index (χ4n) is 4.79. The van der Waals surface area contributed by atoms with Crippen LogP contribution in [0.3, 0.4) is 0 Å². The van der Waals surface area contributed by atoms with Gasteiger partial charge in [-0.3, -0.25) is 23.5 Å². The van der Waals surface area contributed by atoms with Gasteiger partial charge in [0, 0.05) is 58.5 Å². The van der Waals surface area contributed by atoms with Gasteiger partial charge < -0.3 is 19.9 Å². The summed E-state index contributed by atoms with van der Waals surface area (Å²) in [7, 11) is 1.55. The fourth-order valence-corrected chi connectivity index (χ4v) is 4.79. The minimum atomic E-state index is -0.589. The number of ether oxygens (including phenoxy) is 1. The molecule has 4 heterocycles. The monoisotopic (exact) mass is 470 g/mol. The van der Waals surface area contributed by atoms with Crippen molar-refractivity contribution in [2.45, 2.75) is 38.3 Å². The van der Waals surface area contributed by atoms with Crippen LogP contribution in [0.5, 0.6) is 0 Å². The molecular formula is C23H30N6O5. The highest BCUT2D eigenvalue weighted by molar-refractivity contribution is 5.89. The summed E-state index contributed by atoms with van der Waals surface area (Å²) in [6.45, 7) is 3.02. The molecule has 1 saturated carbocycles. The van der Waals surface area contributed by atoms with Gasteiger partial charge in [0.2, 0.25) is 11.8 Å². The van der Waals surface area contributed by atoms with Crippen molar-refractivity contribution < 1.29 is 14.3 Å². The van der Waals surface area contributed by atoms with Crippen molar-refractivity contribution in [3.63, 3.8) is 0 Å². The third-order valence-electron chi connectivity index (χ3n) is 6.91. The largest absolute Gasteiger partial charge is 0.376 e. The van der Waals surface area contributed by atoms with E-state index < -0.39 is 17.2 Å². The van der Waals surface area contributed by atoms with Crippen LogP contribution >= 0.6 is 0 Å². The summed E-state index contributed by atoms with van der Waals surface area (Å²) in [5.74, 6) is -0.00823. The van der Waals surface area contributed by atoms with Crippen LogP contribution in [0.25, 0.3) is 11.0 Å². The van der Waals surface area contributed by atoms with Crippen molar-refractivity contribution in [2.75, 3.05) is 44.2 Å². The number of hydrogen-bond acceptors (Lipinski definition) is 7. The van der Waals surface area contributed by atoms with Gasteiger partial charge >= 0.3 is 5.69 Å². The van der Waals surface area contributed by atoms with E-state index in [9.17, 15) is 19.2 Å². The standard InChI is InChI=1S/C23H30N6O5/c1-26-20-19(22(32)29(23(26)33)14-18(30)25-13-16-3-2-12-34-16)17(6-7-24-20)27-8-10-28(11-9-27)21(31)15-4-5-15/h6-7,15-16H,2-5,8-14H2,1H3,(H,25,30). The predicted octanol–water partition coefficient (Wildman–Crippen LogP) is -0.551. The van der Waals surface area contributed by atoms with Crippen LogP contribution in [0, 0.1) is 5.92 Å². The maximum absolute atomic E-state index is 13.4. The molecule has 2 aliphatic heterocycles. The van der Waals surface area contributed by atoms with Crippen LogP contribution in [0.4, 0.5) is 5.69 Å². The highest BCUT2D eigenvalue weighted by Gasteiger charge is 2.35. The molecule has 5 rings (SSSR count). The van der Waals surface area contributed by atoms with E-state index in [1.165, 1.54) is 4.57 Å². The number of pyridine rings is 1. The molecule has 1 aliphatic carbocycles. The number of hydrogen-bond donors (Lipinski definition) is 1. The third-order valence-corrected chi connectivity index (χ3v) is 6.91. The highest BCUT2D eigenvalue weighted by Crippen LogP contribution is 2.32. The Kier molecular flexibility index (Phi) is 6.11. The van der Waals surface area contributed by atoms with E-state index in [0.29, 0.717) is 50.4 Å². The minimum absolute atomic E-state index is 0.0265. The van der Waals surface area contributed by atoms with Crippen molar-refractivity contribution in [3.8, 4) is 0 Å². The van der Waals surface area contributed by atoms with Crippen LogP contribution in [0.1, 0.15) is 25.7 Å². The van der Waals surface area contributed by atoms with Gasteiger partial charge in [-0.1, -0.05) is 0 Å². The first kappa shape index (κ1) is 22.6. The number of nitrogens with one attached hydrogen (secondary N) is 1. The van der Waals surface area contributed by atoms with Crippen molar-refractivity contribution in [3.05, 3.63) is 33.1 Å². The number of piperazine rings is 1. The third kappa shape index (κ3) is 4.31. The van der Waals surface area contributed by atoms with Crippen molar-refractivity contribution >= 4 is 28.5 Å². The Labute approximate surface area is 196 Å². The molecule has 0 bridgehead atoms. The Balaban J connectivity index is 1.39. The van der Waals surface area contributed by atoms with Gasteiger partial charge in [-0.15, -0.1) is 0 Å². The Morgan fingerprint density at radius 2 is 1.91 bits per heavy atom. The van der Waals surface area contributed by atoms with E-state index in [-0.39, 0.29) is 30.1 Å². The number of rotatable bonds is 6. The van der Waals surface area contributed by atoms with Gasteiger partial charge in [0.1, 0.15) is 11.9 Å². The number of carbonyl (C=O) groups excluding carboxylic acids is 2. The van der Waals surface area contributed by atoms with Crippen molar-refractivity contribution in [1.29, 1.82) is 0 Å². The molecule has 11 heteroatoms. The normalized spacial score (nSPS) is 20.7. The summed E-state index contributed by atoms with van der Waals surface area (Å²) >= 11 is 0. The SMILES string of the molecule is Cn1c(=O)n(CC(=O)NCC2CCCO2)c(=O)c2c(N3CCN(C(=O)C4CC4)CC3)ccnc21. The van der Waals surface area contributed by atoms with Gasteiger partial charge in [0.15, 0.2) is 5.65 Å². The second-order valence-electron chi connectivity index (χ2n) is 9.29. The summed E-state index contributed by atoms with van der Waals surface area (Å²) in [6, 6.07) is 1.76. The first-order valence-electron chi connectivity index (χ1n) is 11.9. The lowest BCUT2D eigenvalue weighted by atomic mass is 10.2. The molecule has 11 nitrogen and oxygen atoms in total. The summed E-state index contributed by atoms with van der Waals surface area (Å²) < 4.78 is 7.78. The quantitative estimate of drug-likeness (QED) is 0.602. The molecule has 1 unspecified atom stereocenters. The average Bonchev–Trinajstić information content (AvgIpc) is 3.58. The molecule has 2 aromatic heterocycles. The Hall–Kier alpha value is -3.21. The second-order valence-corrected chi connectivity index (χ2v) is 9.29. The maximum Gasteiger partial charge on any atom is 0.332 e. The van der Waals surface area contributed by atoms with Crippen molar-refractivity contribution in [1.82, 2.24) is 24.3 Å². The first-order chi connectivity index (χ1) is 16.4. The smallest absolute Gasteiger partial charge is 0.332 e. The van der Waals surface area contributed by atoms with E-state index in [4.69, 9.17) is 4.74 Å². The number of carbonyl (C=O) groups is 2. The average molecular weight is 471 g/mol. The molecule has 34 heavy (non-hydrogen) atoms. The summed E-state index contributed by atoms with van der Waals surface area (Å²) in [4.78, 5) is 59.5. The van der Waals surface area contributed by atoms with E-state index in [1.54, 1.807) is 19.3 Å². The Morgan fingerprint density at radius 1 is 1.15 bits per heavy atom. The van der Waals surface area contributed by atoms with Gasteiger partial charge in [0.25, 0.3) is 5.56 Å². The summed E-state index contributed by atoms with van der Waals surface area (Å²) in [5.41, 5.74) is -0.183. The van der Waals surface area contributed by atoms with Crippen LogP contribution in [0.15, 0.2) is 21.9 Å². The molecule has 3 fully saturated rings. The second kappa shape index (κ2) is 9.21. The van der Waals surface area contributed by atoms with Gasteiger partial charge in [-0.2, -0.15) is 0 Å². The lowest BCUT2D eigenvalue weighted by molar-refractivity contribution is -0.132. The zero-order valence-electron chi connectivity index (χ0n) is 19.4. The van der Waals surface area contributed by atoms with E-state index >= 15 is 0 Å². The number of fused-ring (bicyclic) bond motifs is 1. The van der Waals surface area contributed by atoms with Gasteiger partial charge in [-0.05, 0) is 31.7 Å². The molecule has 2 amide bonds. The molecule has 3 aliphatic rings. The van der Waals surface area contributed by atoms with Crippen LogP contribution in [-0.2, 0) is 27.9 Å². The molecular weight excluding hydrogens is 440 g/mol. The van der Waals surface area contributed by atoms with Crippen LogP contribution in [-0.4, -0.2) is 76.3 Å². The molecule has 0 radical (unpaired) electrons. The van der Waals surface area contributed by atoms with Crippen molar-refractivity contribution in [2.24, 2.45) is 13.0 Å². The van der Waals surface area contributed by atoms with E-state index in [2.05, 4.69) is 15.2 Å². The number of anilines is 1. The molecule has 2 aromatic rings. The Morgan fingerprint density at radius 3 is 2.59 bits per heavy atom. The molecule has 1 atom stereocenters. The maximum atomic E-state index is 13.4. The summed E-state index contributed by atoms with van der Waals surface area (Å²) in [5, 5.41) is 3.07. The van der Waals surface area contributed by atoms with E-state index in [1.807, 2.05) is 4.90 Å². The van der Waals surface area contributed by atoms with Crippen LogP contribution < -0.4 is 21.5 Å². The number of aryl methyl sites for hydroxylation is 1. The Bertz CT molecular complexity index is 1220. The molecule has 2 saturated heterocycles. The topological polar surface area (TPSA) is 119 Å². The lowest BCUT2D eigenvalue weighted by Crippen LogP contribution is -2.50.